The third-order valence-electron chi connectivity index (χ3n) is 11.8. The van der Waals surface area contributed by atoms with Crippen LogP contribution in [0.5, 0.6) is 11.6 Å². The third-order valence-corrected chi connectivity index (χ3v) is 11.8. The minimum atomic E-state index is -0.550. The lowest BCUT2D eigenvalue weighted by Crippen LogP contribution is -2.59. The average Bonchev–Trinajstić information content (AvgIpc) is 4.03. The monoisotopic (exact) mass is 825 g/mol. The van der Waals surface area contributed by atoms with Gasteiger partial charge in [-0.3, -0.25) is 13.9 Å². The molecule has 12 heteroatoms. The number of fused-ring (bicyclic) bond motifs is 9. The summed E-state index contributed by atoms with van der Waals surface area (Å²) in [5, 5.41) is 0.939. The van der Waals surface area contributed by atoms with Crippen LogP contribution in [0, 0.1) is 0 Å². The van der Waals surface area contributed by atoms with Crippen LogP contribution in [0.1, 0.15) is 0 Å². The summed E-state index contributed by atoms with van der Waals surface area (Å²) in [4.78, 5) is 33.0. The Hall–Kier alpha value is -8.90. The topological polar surface area (TPSA) is 112 Å². The van der Waals surface area contributed by atoms with Gasteiger partial charge in [-0.2, -0.15) is 4.98 Å². The van der Waals surface area contributed by atoms with E-state index >= 15 is 0 Å². The highest BCUT2D eigenvalue weighted by atomic mass is 16.5. The van der Waals surface area contributed by atoms with Crippen molar-refractivity contribution in [2.45, 2.75) is 0 Å². The fraction of sp³-hybridized carbons (Fsp3) is 0. The zero-order valence-electron chi connectivity index (χ0n) is 33.9. The summed E-state index contributed by atoms with van der Waals surface area (Å²) < 4.78 is 17.8. The normalized spacial score (nSPS) is 12.3. The van der Waals surface area contributed by atoms with E-state index in [-0.39, 0.29) is 0 Å². The molecule has 0 amide bonds. The van der Waals surface area contributed by atoms with Crippen molar-refractivity contribution < 1.29 is 9.15 Å². The van der Waals surface area contributed by atoms with Crippen LogP contribution in [0.3, 0.4) is 0 Å². The van der Waals surface area contributed by atoms with E-state index < -0.39 is 6.71 Å². The molecule has 0 bridgehead atoms. The predicted octanol–water partition coefficient (Wildman–Crippen LogP) is 9.58. The summed E-state index contributed by atoms with van der Waals surface area (Å²) in [5.74, 6) is 4.73. The number of benzene rings is 6. The number of aromatic nitrogens is 8. The summed E-state index contributed by atoms with van der Waals surface area (Å²) in [6.45, 7) is -0.550. The quantitative estimate of drug-likeness (QED) is 0.145. The number of ether oxygens (including phenoxy) is 1. The van der Waals surface area contributed by atoms with Crippen molar-refractivity contribution in [2.75, 3.05) is 4.90 Å². The van der Waals surface area contributed by atoms with Gasteiger partial charge in [0.05, 0.1) is 34.0 Å². The number of pyridine rings is 2. The van der Waals surface area contributed by atoms with Crippen LogP contribution >= 0.6 is 0 Å². The average molecular weight is 826 g/mol. The van der Waals surface area contributed by atoms with E-state index in [0.29, 0.717) is 46.5 Å². The van der Waals surface area contributed by atoms with Crippen molar-refractivity contribution in [3.8, 4) is 40.2 Å². The standard InChI is InChI=1S/C52H32BN9O2/c1-4-17-33(18-5-1)47-57-48(34-19-6-2-7-20-34)59-51(58-47)53-38-31-36(32-54-49(38)60(35-21-8-3-9-22-35)50-46(53)37-23-10-15-28-43(37)64-50)63-45-30-16-29-44(56-45)62-42-27-14-13-26-41(42)61-40-25-12-11-24-39(40)55-52(61)62/h1-32H. The second kappa shape index (κ2) is 14.4. The summed E-state index contributed by atoms with van der Waals surface area (Å²) in [6, 6.07) is 62.4. The molecule has 0 atom stereocenters. The SMILES string of the molecule is c1ccc(-c2nc(B3c4cc(Oc5cccc(-n6c7ccccc7n7c8ccccc8nc67)n5)cnc4N(c4ccccc4)c4oc5ccccc5c43)nc(-c3ccccc3)n2)cc1. The molecule has 1 aliphatic rings. The summed E-state index contributed by atoms with van der Waals surface area (Å²) >= 11 is 0. The van der Waals surface area contributed by atoms with E-state index in [2.05, 4.69) is 50.3 Å². The molecule has 0 fully saturated rings. The first-order valence-electron chi connectivity index (χ1n) is 21.0. The number of imidazole rings is 2. The number of furan rings is 1. The van der Waals surface area contributed by atoms with Gasteiger partial charge in [-0.1, -0.05) is 127 Å². The van der Waals surface area contributed by atoms with Gasteiger partial charge in [0, 0.05) is 28.0 Å². The molecule has 6 aromatic heterocycles. The van der Waals surface area contributed by atoms with Crippen molar-refractivity contribution in [3.05, 3.63) is 194 Å². The Kier molecular flexibility index (Phi) is 8.03. The molecular weight excluding hydrogens is 793 g/mol. The zero-order chi connectivity index (χ0) is 42.1. The molecule has 13 rings (SSSR count). The molecule has 0 unspecified atom stereocenters. The Bertz CT molecular complexity index is 3680. The number of hydrogen-bond donors (Lipinski definition) is 0. The van der Waals surface area contributed by atoms with Crippen molar-refractivity contribution in [1.29, 1.82) is 0 Å². The second-order valence-electron chi connectivity index (χ2n) is 15.6. The van der Waals surface area contributed by atoms with Gasteiger partial charge in [-0.05, 0) is 60.1 Å². The van der Waals surface area contributed by atoms with E-state index in [9.17, 15) is 0 Å². The molecule has 0 saturated heterocycles. The molecule has 7 heterocycles. The Morgan fingerprint density at radius 2 is 1.20 bits per heavy atom. The minimum Gasteiger partial charge on any atom is -0.440 e. The van der Waals surface area contributed by atoms with Crippen molar-refractivity contribution >= 4 is 79.6 Å². The van der Waals surface area contributed by atoms with Crippen LogP contribution in [0.2, 0.25) is 0 Å². The molecule has 0 aliphatic carbocycles. The van der Waals surface area contributed by atoms with Gasteiger partial charge in [0.2, 0.25) is 17.5 Å². The largest absolute Gasteiger partial charge is 0.440 e. The Morgan fingerprint density at radius 1 is 0.547 bits per heavy atom. The lowest BCUT2D eigenvalue weighted by molar-refractivity contribution is 0.460. The first kappa shape index (κ1) is 35.8. The van der Waals surface area contributed by atoms with E-state index in [0.717, 1.165) is 66.6 Å². The van der Waals surface area contributed by atoms with Crippen molar-refractivity contribution in [2.24, 2.45) is 0 Å². The number of hydrogen-bond acceptors (Lipinski definition) is 9. The molecule has 6 aromatic carbocycles. The first-order chi connectivity index (χ1) is 31.7. The summed E-state index contributed by atoms with van der Waals surface area (Å²) in [7, 11) is 0. The maximum atomic E-state index is 6.81. The molecule has 0 radical (unpaired) electrons. The van der Waals surface area contributed by atoms with Gasteiger partial charge >= 0.3 is 6.71 Å². The van der Waals surface area contributed by atoms with Crippen LogP contribution in [0.15, 0.2) is 199 Å². The lowest BCUT2D eigenvalue weighted by atomic mass is 9.38. The summed E-state index contributed by atoms with van der Waals surface area (Å²) in [5.41, 5.74) is 9.59. The van der Waals surface area contributed by atoms with E-state index in [1.165, 1.54) is 0 Å². The van der Waals surface area contributed by atoms with Crippen molar-refractivity contribution in [1.82, 2.24) is 38.9 Å². The van der Waals surface area contributed by atoms with Gasteiger partial charge in [0.1, 0.15) is 28.7 Å². The van der Waals surface area contributed by atoms with Gasteiger partial charge < -0.3 is 9.15 Å². The van der Waals surface area contributed by atoms with Gasteiger partial charge in [0.15, 0.2) is 11.6 Å². The number of nitrogens with zero attached hydrogens (tertiary/aromatic N) is 9. The maximum Gasteiger partial charge on any atom is 0.301 e. The molecule has 300 valence electrons. The molecule has 12 aromatic rings. The molecule has 0 N–H and O–H groups in total. The fourth-order valence-electron chi connectivity index (χ4n) is 8.98. The highest BCUT2D eigenvalue weighted by molar-refractivity contribution is 6.98. The number of anilines is 3. The Balaban J connectivity index is 1.00. The van der Waals surface area contributed by atoms with Gasteiger partial charge in [0.25, 0.3) is 0 Å². The Labute approximate surface area is 365 Å². The minimum absolute atomic E-state index is 0.394. The number of rotatable bonds is 7. The third kappa shape index (κ3) is 5.70. The van der Waals surface area contributed by atoms with Crippen LogP contribution in [0.25, 0.3) is 67.4 Å². The van der Waals surface area contributed by atoms with E-state index in [1.54, 1.807) is 6.20 Å². The molecule has 1 aliphatic heterocycles. The smallest absolute Gasteiger partial charge is 0.301 e. The highest BCUT2D eigenvalue weighted by Crippen LogP contribution is 2.39. The first-order valence-corrected chi connectivity index (χ1v) is 21.0. The van der Waals surface area contributed by atoms with E-state index in [4.69, 9.17) is 39.1 Å². The second-order valence-corrected chi connectivity index (χ2v) is 15.6. The molecule has 11 nitrogen and oxygen atoms in total. The van der Waals surface area contributed by atoms with Gasteiger partial charge in [-0.25, -0.2) is 24.9 Å². The summed E-state index contributed by atoms with van der Waals surface area (Å²) in [6.07, 6.45) is 1.73. The predicted molar refractivity (Wildman–Crippen MR) is 251 cm³/mol. The lowest BCUT2D eigenvalue weighted by Gasteiger charge is -2.32. The van der Waals surface area contributed by atoms with E-state index in [1.807, 2.05) is 152 Å². The zero-order valence-corrected chi connectivity index (χ0v) is 33.9. The Morgan fingerprint density at radius 3 is 1.97 bits per heavy atom. The highest BCUT2D eigenvalue weighted by Gasteiger charge is 2.43. The van der Waals surface area contributed by atoms with Crippen LogP contribution in [-0.2, 0) is 0 Å². The van der Waals surface area contributed by atoms with Crippen LogP contribution < -0.4 is 26.3 Å². The van der Waals surface area contributed by atoms with Crippen molar-refractivity contribution in [3.63, 3.8) is 0 Å². The fourth-order valence-corrected chi connectivity index (χ4v) is 8.98. The van der Waals surface area contributed by atoms with Crippen LogP contribution in [-0.4, -0.2) is 45.6 Å². The van der Waals surface area contributed by atoms with Crippen LogP contribution in [0.4, 0.5) is 17.4 Å². The molecule has 0 saturated carbocycles. The maximum absolute atomic E-state index is 6.81. The number of para-hydroxylation sites is 6. The molecular formula is C52H32BN9O2. The molecule has 64 heavy (non-hydrogen) atoms. The molecule has 0 spiro atoms. The van der Waals surface area contributed by atoms with Gasteiger partial charge in [-0.15, -0.1) is 0 Å².